The van der Waals surface area contributed by atoms with Crippen molar-refractivity contribution >= 4 is 22.8 Å². The van der Waals surface area contributed by atoms with E-state index in [1.807, 2.05) is 0 Å². The van der Waals surface area contributed by atoms with Gasteiger partial charge in [-0.1, -0.05) is 0 Å². The van der Waals surface area contributed by atoms with Crippen molar-refractivity contribution in [3.05, 3.63) is 6.20 Å². The summed E-state index contributed by atoms with van der Waals surface area (Å²) < 4.78 is 38.2. The van der Waals surface area contributed by atoms with Gasteiger partial charge in [0.25, 0.3) is 0 Å². The van der Waals surface area contributed by atoms with E-state index in [1.165, 1.54) is 11.1 Å². The highest BCUT2D eigenvalue weighted by Crippen LogP contribution is 2.28. The van der Waals surface area contributed by atoms with E-state index in [0.717, 1.165) is 0 Å². The molecule has 2 heterocycles. The lowest BCUT2D eigenvalue weighted by Crippen LogP contribution is -2.39. The SMILES string of the molecule is CNc1nc(N(CC(F)(F)F)C(C)C)c2cn[nH]c2n1. The number of anilines is 2. The van der Waals surface area contributed by atoms with E-state index >= 15 is 0 Å². The van der Waals surface area contributed by atoms with Gasteiger partial charge in [0.15, 0.2) is 5.65 Å². The molecule has 2 aromatic heterocycles. The summed E-state index contributed by atoms with van der Waals surface area (Å²) in [6.07, 6.45) is -2.89. The fraction of sp³-hybridized carbons (Fsp3) is 0.545. The minimum absolute atomic E-state index is 0.209. The van der Waals surface area contributed by atoms with E-state index in [-0.39, 0.29) is 17.8 Å². The number of rotatable bonds is 4. The molecule has 0 fully saturated rings. The zero-order chi connectivity index (χ0) is 14.9. The Morgan fingerprint density at radius 2 is 2.05 bits per heavy atom. The van der Waals surface area contributed by atoms with Crippen LogP contribution in [-0.2, 0) is 0 Å². The van der Waals surface area contributed by atoms with Crippen molar-refractivity contribution in [3.8, 4) is 0 Å². The third kappa shape index (κ3) is 2.91. The number of hydrogen-bond donors (Lipinski definition) is 2. The third-order valence-electron chi connectivity index (χ3n) is 2.76. The molecule has 9 heteroatoms. The molecule has 2 aromatic rings. The van der Waals surface area contributed by atoms with Crippen molar-refractivity contribution in [2.45, 2.75) is 26.1 Å². The second-order valence-electron chi connectivity index (χ2n) is 4.59. The molecule has 2 rings (SSSR count). The molecule has 0 aliphatic carbocycles. The van der Waals surface area contributed by atoms with Crippen LogP contribution in [0.4, 0.5) is 24.9 Å². The predicted octanol–water partition coefficient (Wildman–Crippen LogP) is 2.17. The zero-order valence-electron chi connectivity index (χ0n) is 11.3. The molecule has 110 valence electrons. The van der Waals surface area contributed by atoms with Gasteiger partial charge in [0, 0.05) is 13.1 Å². The van der Waals surface area contributed by atoms with Crippen LogP contribution in [0.3, 0.4) is 0 Å². The van der Waals surface area contributed by atoms with E-state index in [9.17, 15) is 13.2 Å². The van der Waals surface area contributed by atoms with Gasteiger partial charge < -0.3 is 10.2 Å². The summed E-state index contributed by atoms with van der Waals surface area (Å²) in [5.41, 5.74) is 0.396. The zero-order valence-corrected chi connectivity index (χ0v) is 11.3. The molecule has 0 amide bonds. The van der Waals surface area contributed by atoms with Crippen molar-refractivity contribution in [2.24, 2.45) is 0 Å². The molecule has 0 atom stereocenters. The number of hydrogen-bond acceptors (Lipinski definition) is 5. The first-order valence-electron chi connectivity index (χ1n) is 6.04. The average Bonchev–Trinajstić information content (AvgIpc) is 2.81. The number of H-pyrrole nitrogens is 1. The smallest absolute Gasteiger partial charge is 0.357 e. The number of nitrogens with zero attached hydrogens (tertiary/aromatic N) is 4. The average molecular weight is 288 g/mol. The lowest BCUT2D eigenvalue weighted by atomic mass is 10.2. The van der Waals surface area contributed by atoms with Crippen LogP contribution in [0.1, 0.15) is 13.8 Å². The van der Waals surface area contributed by atoms with Gasteiger partial charge in [-0.2, -0.15) is 28.2 Å². The van der Waals surface area contributed by atoms with Crippen LogP contribution < -0.4 is 10.2 Å². The van der Waals surface area contributed by atoms with Gasteiger partial charge in [-0.25, -0.2) is 0 Å². The van der Waals surface area contributed by atoms with Crippen molar-refractivity contribution in [2.75, 3.05) is 23.8 Å². The van der Waals surface area contributed by atoms with Crippen LogP contribution in [0.5, 0.6) is 0 Å². The highest BCUT2D eigenvalue weighted by molar-refractivity contribution is 5.87. The first-order chi connectivity index (χ1) is 9.31. The van der Waals surface area contributed by atoms with Crippen LogP contribution >= 0.6 is 0 Å². The second kappa shape index (κ2) is 5.14. The summed E-state index contributed by atoms with van der Waals surface area (Å²) in [6, 6.07) is -0.366. The Labute approximate surface area is 113 Å². The summed E-state index contributed by atoms with van der Waals surface area (Å²) >= 11 is 0. The van der Waals surface area contributed by atoms with E-state index in [4.69, 9.17) is 0 Å². The van der Waals surface area contributed by atoms with Crippen molar-refractivity contribution in [3.63, 3.8) is 0 Å². The molecule has 0 saturated carbocycles. The molecule has 0 aromatic carbocycles. The molecule has 20 heavy (non-hydrogen) atoms. The van der Waals surface area contributed by atoms with Crippen LogP contribution in [0.25, 0.3) is 11.0 Å². The summed E-state index contributed by atoms with van der Waals surface area (Å²) in [4.78, 5) is 9.43. The minimum atomic E-state index is -4.31. The Balaban J connectivity index is 2.54. The molecule has 0 radical (unpaired) electrons. The summed E-state index contributed by atoms with van der Waals surface area (Å²) in [5, 5.41) is 9.64. The highest BCUT2D eigenvalue weighted by Gasteiger charge is 2.33. The van der Waals surface area contributed by atoms with Gasteiger partial charge in [-0.05, 0) is 13.8 Å². The van der Waals surface area contributed by atoms with Gasteiger partial charge in [0.2, 0.25) is 5.95 Å². The van der Waals surface area contributed by atoms with Crippen LogP contribution in [0.15, 0.2) is 6.20 Å². The molecule has 6 nitrogen and oxygen atoms in total. The first-order valence-corrected chi connectivity index (χ1v) is 6.04. The fourth-order valence-electron chi connectivity index (χ4n) is 1.85. The van der Waals surface area contributed by atoms with Crippen LogP contribution in [0, 0.1) is 0 Å². The molecule has 0 unspecified atom stereocenters. The largest absolute Gasteiger partial charge is 0.405 e. The maximum atomic E-state index is 12.7. The molecule has 0 aliphatic rings. The first kappa shape index (κ1) is 14.4. The van der Waals surface area contributed by atoms with Crippen molar-refractivity contribution in [1.82, 2.24) is 20.2 Å². The Hall–Kier alpha value is -2.06. The normalized spacial score (nSPS) is 12.2. The highest BCUT2D eigenvalue weighted by atomic mass is 19.4. The quantitative estimate of drug-likeness (QED) is 0.902. The van der Waals surface area contributed by atoms with Crippen LogP contribution in [-0.4, -0.2) is 46.0 Å². The Morgan fingerprint density at radius 3 is 2.60 bits per heavy atom. The maximum absolute atomic E-state index is 12.7. The maximum Gasteiger partial charge on any atom is 0.405 e. The van der Waals surface area contributed by atoms with Crippen LogP contribution in [0.2, 0.25) is 0 Å². The number of halogens is 3. The molecule has 0 aliphatic heterocycles. The number of fused-ring (bicyclic) bond motifs is 1. The van der Waals surface area contributed by atoms with Gasteiger partial charge in [0.1, 0.15) is 12.4 Å². The van der Waals surface area contributed by atoms with Gasteiger partial charge >= 0.3 is 6.18 Å². The minimum Gasteiger partial charge on any atom is -0.357 e. The Bertz CT molecular complexity index is 591. The predicted molar refractivity (Wildman–Crippen MR) is 69.8 cm³/mol. The fourth-order valence-corrected chi connectivity index (χ4v) is 1.85. The molecule has 0 saturated heterocycles. The number of aromatic amines is 1. The molecular formula is C11H15F3N6. The second-order valence-corrected chi connectivity index (χ2v) is 4.59. The van der Waals surface area contributed by atoms with Crippen molar-refractivity contribution in [1.29, 1.82) is 0 Å². The van der Waals surface area contributed by atoms with Gasteiger partial charge in [0.05, 0.1) is 11.6 Å². The summed E-state index contributed by atoms with van der Waals surface area (Å²) in [5.74, 6) is 0.449. The molecule has 0 spiro atoms. The standard InChI is InChI=1S/C11H15F3N6/c1-6(2)20(5-11(12,13)14)9-7-4-16-19-8(7)17-10(15-3)18-9/h4,6H,5H2,1-3H3,(H2,15,16,17,18,19). The Kier molecular flexibility index (Phi) is 3.69. The van der Waals surface area contributed by atoms with Gasteiger partial charge in [-0.3, -0.25) is 5.10 Å². The Morgan fingerprint density at radius 1 is 1.35 bits per heavy atom. The van der Waals surface area contributed by atoms with Crippen molar-refractivity contribution < 1.29 is 13.2 Å². The topological polar surface area (TPSA) is 69.7 Å². The molecular weight excluding hydrogens is 273 g/mol. The monoisotopic (exact) mass is 288 g/mol. The number of alkyl halides is 3. The van der Waals surface area contributed by atoms with E-state index in [1.54, 1.807) is 20.9 Å². The van der Waals surface area contributed by atoms with E-state index in [2.05, 4.69) is 25.5 Å². The number of nitrogens with one attached hydrogen (secondary N) is 2. The molecule has 0 bridgehead atoms. The summed E-state index contributed by atoms with van der Waals surface area (Å²) in [7, 11) is 1.60. The van der Waals surface area contributed by atoms with E-state index < -0.39 is 12.7 Å². The number of aromatic nitrogens is 4. The van der Waals surface area contributed by atoms with Gasteiger partial charge in [-0.15, -0.1) is 0 Å². The third-order valence-corrected chi connectivity index (χ3v) is 2.76. The van der Waals surface area contributed by atoms with E-state index in [0.29, 0.717) is 11.0 Å². The molecule has 2 N–H and O–H groups in total. The lowest BCUT2D eigenvalue weighted by molar-refractivity contribution is -0.120. The summed E-state index contributed by atoms with van der Waals surface area (Å²) in [6.45, 7) is 2.28. The lowest BCUT2D eigenvalue weighted by Gasteiger charge is -2.29.